The topological polar surface area (TPSA) is 72.9 Å². The maximum Gasteiger partial charge on any atom is 0.322 e. The highest BCUT2D eigenvalue weighted by Crippen LogP contribution is 2.43. The number of amides is 3. The molecule has 0 saturated carbocycles. The highest BCUT2D eigenvalue weighted by molar-refractivity contribution is 9.10. The Balaban J connectivity index is 1.52. The van der Waals surface area contributed by atoms with Gasteiger partial charge in [0.25, 0.3) is 0 Å². The van der Waals surface area contributed by atoms with Crippen molar-refractivity contribution in [3.8, 4) is 0 Å². The van der Waals surface area contributed by atoms with E-state index in [1.165, 1.54) is 0 Å². The monoisotopic (exact) mass is 429 g/mol. The molecule has 0 unspecified atom stereocenters. The number of aliphatic hydroxyl groups excluding tert-OH is 1. The van der Waals surface area contributed by atoms with Crippen LogP contribution in [0.25, 0.3) is 0 Å². The molecule has 2 heterocycles. The molecule has 6 nitrogen and oxygen atoms in total. The van der Waals surface area contributed by atoms with Crippen LogP contribution < -0.4 is 5.32 Å². The Labute approximate surface area is 165 Å². The molecule has 3 amide bonds. The maximum absolute atomic E-state index is 12.6. The number of halogens is 1. The smallest absolute Gasteiger partial charge is 0.322 e. The van der Waals surface area contributed by atoms with Crippen LogP contribution in [-0.2, 0) is 4.79 Å². The SMILES string of the molecule is O=C(Nc1ccccc1)N1CC(=O)N2[C@@H](CO)[C@H](c3ccc(Br)cc3)[C@@H]2C1. The third-order valence-electron chi connectivity index (χ3n) is 5.32. The van der Waals surface area contributed by atoms with Gasteiger partial charge in [-0.05, 0) is 29.8 Å². The number of nitrogens with one attached hydrogen (secondary N) is 1. The first-order chi connectivity index (χ1) is 13.1. The van der Waals surface area contributed by atoms with E-state index in [1.807, 2.05) is 54.6 Å². The van der Waals surface area contributed by atoms with Crippen molar-refractivity contribution in [3.63, 3.8) is 0 Å². The minimum atomic E-state index is -0.281. The van der Waals surface area contributed by atoms with Crippen LogP contribution in [0, 0.1) is 0 Å². The van der Waals surface area contributed by atoms with E-state index in [9.17, 15) is 14.7 Å². The molecule has 7 heteroatoms. The first kappa shape index (κ1) is 18.0. The van der Waals surface area contributed by atoms with Gasteiger partial charge >= 0.3 is 6.03 Å². The summed E-state index contributed by atoms with van der Waals surface area (Å²) in [4.78, 5) is 28.5. The summed E-state index contributed by atoms with van der Waals surface area (Å²) in [7, 11) is 0. The quantitative estimate of drug-likeness (QED) is 0.787. The van der Waals surface area contributed by atoms with Crippen molar-refractivity contribution in [1.82, 2.24) is 9.80 Å². The van der Waals surface area contributed by atoms with Crippen molar-refractivity contribution in [2.45, 2.75) is 18.0 Å². The van der Waals surface area contributed by atoms with Crippen LogP contribution in [0.4, 0.5) is 10.5 Å². The van der Waals surface area contributed by atoms with Crippen LogP contribution in [-0.4, -0.2) is 58.6 Å². The largest absolute Gasteiger partial charge is 0.394 e. The molecule has 2 aromatic rings. The van der Waals surface area contributed by atoms with E-state index in [0.29, 0.717) is 12.2 Å². The predicted molar refractivity (Wildman–Crippen MR) is 105 cm³/mol. The zero-order valence-electron chi connectivity index (χ0n) is 14.6. The van der Waals surface area contributed by atoms with Crippen LogP contribution in [0.15, 0.2) is 59.1 Å². The molecule has 2 saturated heterocycles. The lowest BCUT2D eigenvalue weighted by Gasteiger charge is -2.58. The van der Waals surface area contributed by atoms with Crippen LogP contribution >= 0.6 is 15.9 Å². The Kier molecular flexibility index (Phi) is 4.88. The third kappa shape index (κ3) is 3.33. The summed E-state index contributed by atoms with van der Waals surface area (Å²) in [6, 6.07) is 16.5. The highest BCUT2D eigenvalue weighted by atomic mass is 79.9. The average Bonchev–Trinajstić information content (AvgIpc) is 2.65. The van der Waals surface area contributed by atoms with E-state index in [1.54, 1.807) is 9.80 Å². The summed E-state index contributed by atoms with van der Waals surface area (Å²) in [6.45, 7) is 0.388. The Morgan fingerprint density at radius 1 is 1.15 bits per heavy atom. The standard InChI is InChI=1S/C20H20BrN3O3/c21-14-8-6-13(7-9-14)19-16-10-23(11-18(26)24(16)17(19)12-25)20(27)22-15-4-2-1-3-5-15/h1-9,16-17,19,25H,10-12H2,(H,22,27)/t16-,17-,19+/m0/s1. The van der Waals surface area contributed by atoms with Gasteiger partial charge in [-0.3, -0.25) is 4.79 Å². The van der Waals surface area contributed by atoms with E-state index < -0.39 is 0 Å². The fraction of sp³-hybridized carbons (Fsp3) is 0.300. The number of rotatable bonds is 3. The van der Waals surface area contributed by atoms with Crippen molar-refractivity contribution < 1.29 is 14.7 Å². The van der Waals surface area contributed by atoms with E-state index >= 15 is 0 Å². The molecular formula is C20H20BrN3O3. The number of benzene rings is 2. The zero-order chi connectivity index (χ0) is 19.0. The molecule has 2 fully saturated rings. The number of aliphatic hydroxyl groups is 1. The third-order valence-corrected chi connectivity index (χ3v) is 5.85. The molecular weight excluding hydrogens is 410 g/mol. The molecule has 140 valence electrons. The Morgan fingerprint density at radius 3 is 2.52 bits per heavy atom. The first-order valence-corrected chi connectivity index (χ1v) is 9.66. The van der Waals surface area contributed by atoms with Gasteiger partial charge in [0.1, 0.15) is 6.54 Å². The molecule has 2 aliphatic rings. The number of hydrogen-bond donors (Lipinski definition) is 2. The number of anilines is 1. The number of carbonyl (C=O) groups is 2. The van der Waals surface area contributed by atoms with Crippen molar-refractivity contribution in [2.75, 3.05) is 25.0 Å². The average molecular weight is 430 g/mol. The molecule has 0 bridgehead atoms. The van der Waals surface area contributed by atoms with Gasteiger partial charge in [0.05, 0.1) is 18.7 Å². The zero-order valence-corrected chi connectivity index (χ0v) is 16.2. The van der Waals surface area contributed by atoms with Gasteiger partial charge in [-0.2, -0.15) is 0 Å². The van der Waals surface area contributed by atoms with Crippen molar-refractivity contribution in [3.05, 3.63) is 64.6 Å². The van der Waals surface area contributed by atoms with Crippen molar-refractivity contribution in [2.24, 2.45) is 0 Å². The van der Waals surface area contributed by atoms with Crippen LogP contribution in [0.1, 0.15) is 11.5 Å². The maximum atomic E-state index is 12.6. The lowest BCUT2D eigenvalue weighted by molar-refractivity contribution is -0.159. The van der Waals surface area contributed by atoms with E-state index in [2.05, 4.69) is 21.2 Å². The molecule has 0 radical (unpaired) electrons. The fourth-order valence-electron chi connectivity index (χ4n) is 4.06. The molecule has 0 aliphatic carbocycles. The number of piperazine rings is 1. The van der Waals surface area contributed by atoms with Gasteiger partial charge in [0.15, 0.2) is 0 Å². The molecule has 2 N–H and O–H groups in total. The number of carbonyl (C=O) groups excluding carboxylic acids is 2. The number of para-hydroxylation sites is 1. The molecule has 2 aromatic carbocycles. The van der Waals surface area contributed by atoms with Gasteiger partial charge in [0, 0.05) is 22.6 Å². The van der Waals surface area contributed by atoms with Gasteiger partial charge < -0.3 is 20.2 Å². The molecule has 0 aromatic heterocycles. The molecule has 4 rings (SSSR count). The number of nitrogens with zero attached hydrogens (tertiary/aromatic N) is 2. The summed E-state index contributed by atoms with van der Waals surface area (Å²) in [6.07, 6.45) is 0. The second-order valence-electron chi connectivity index (χ2n) is 6.87. The molecule has 27 heavy (non-hydrogen) atoms. The van der Waals surface area contributed by atoms with Gasteiger partial charge in [-0.1, -0.05) is 46.3 Å². The van der Waals surface area contributed by atoms with Crippen LogP contribution in [0.5, 0.6) is 0 Å². The van der Waals surface area contributed by atoms with E-state index in [-0.39, 0.29) is 43.1 Å². The van der Waals surface area contributed by atoms with Gasteiger partial charge in [-0.15, -0.1) is 0 Å². The van der Waals surface area contributed by atoms with Gasteiger partial charge in [0.2, 0.25) is 5.91 Å². The van der Waals surface area contributed by atoms with Crippen LogP contribution in [0.2, 0.25) is 0 Å². The Hall–Kier alpha value is -2.38. The Morgan fingerprint density at radius 2 is 1.85 bits per heavy atom. The summed E-state index contributed by atoms with van der Waals surface area (Å²) in [5.74, 6) is -0.110. The van der Waals surface area contributed by atoms with Crippen molar-refractivity contribution >= 4 is 33.6 Å². The van der Waals surface area contributed by atoms with Crippen LogP contribution in [0.3, 0.4) is 0 Å². The van der Waals surface area contributed by atoms with E-state index in [0.717, 1.165) is 10.0 Å². The summed E-state index contributed by atoms with van der Waals surface area (Å²) < 4.78 is 0.978. The highest BCUT2D eigenvalue weighted by Gasteiger charge is 2.54. The lowest BCUT2D eigenvalue weighted by Crippen LogP contribution is -2.73. The number of urea groups is 1. The second-order valence-corrected chi connectivity index (χ2v) is 7.79. The number of hydrogen-bond acceptors (Lipinski definition) is 3. The van der Waals surface area contributed by atoms with E-state index in [4.69, 9.17) is 0 Å². The predicted octanol–water partition coefficient (Wildman–Crippen LogP) is 2.65. The fourth-order valence-corrected chi connectivity index (χ4v) is 4.33. The summed E-state index contributed by atoms with van der Waals surface area (Å²) >= 11 is 3.43. The summed E-state index contributed by atoms with van der Waals surface area (Å²) in [5, 5.41) is 12.6. The minimum Gasteiger partial charge on any atom is -0.394 e. The molecule has 3 atom stereocenters. The lowest BCUT2D eigenvalue weighted by atomic mass is 9.74. The Bertz CT molecular complexity index is 843. The second kappa shape index (κ2) is 7.32. The normalized spacial score (nSPS) is 24.2. The molecule has 0 spiro atoms. The summed E-state index contributed by atoms with van der Waals surface area (Å²) in [5.41, 5.74) is 1.76. The minimum absolute atomic E-state index is 0.0133. The first-order valence-electron chi connectivity index (χ1n) is 8.87. The van der Waals surface area contributed by atoms with Gasteiger partial charge in [-0.25, -0.2) is 4.79 Å². The number of fused-ring (bicyclic) bond motifs is 1. The molecule has 2 aliphatic heterocycles. The van der Waals surface area contributed by atoms with Crippen molar-refractivity contribution in [1.29, 1.82) is 0 Å².